The Morgan fingerprint density at radius 2 is 2.00 bits per heavy atom. The summed E-state index contributed by atoms with van der Waals surface area (Å²) in [6.07, 6.45) is 5.33. The summed E-state index contributed by atoms with van der Waals surface area (Å²) in [6.45, 7) is 5.68. The Kier molecular flexibility index (Phi) is 3.44. The highest BCUT2D eigenvalue weighted by molar-refractivity contribution is 5.36. The van der Waals surface area contributed by atoms with Crippen LogP contribution in [0.4, 0.5) is 0 Å². The van der Waals surface area contributed by atoms with Gasteiger partial charge in [0.05, 0.1) is 0 Å². The van der Waals surface area contributed by atoms with Gasteiger partial charge >= 0.3 is 0 Å². The number of benzene rings is 1. The minimum atomic E-state index is 0.934. The van der Waals surface area contributed by atoms with E-state index in [0.717, 1.165) is 26.1 Å². The van der Waals surface area contributed by atoms with Crippen molar-refractivity contribution in [3.63, 3.8) is 0 Å². The molecule has 17 heavy (non-hydrogen) atoms. The smallest absolute Gasteiger partial charge is 0.0387 e. The van der Waals surface area contributed by atoms with Crippen LogP contribution in [0.1, 0.15) is 36.0 Å². The van der Waals surface area contributed by atoms with Gasteiger partial charge in [-0.3, -0.25) is 4.90 Å². The molecule has 2 heterocycles. The Balaban J connectivity index is 1.77. The lowest BCUT2D eigenvalue weighted by molar-refractivity contribution is 0.220. The summed E-state index contributed by atoms with van der Waals surface area (Å²) in [4.78, 5) is 2.62. The summed E-state index contributed by atoms with van der Waals surface area (Å²) in [6, 6.07) is 6.77. The molecule has 0 N–H and O–H groups in total. The van der Waals surface area contributed by atoms with Crippen LogP contribution in [-0.2, 0) is 19.5 Å². The number of likely N-dealkylation sites (tertiary alicyclic amines) is 1. The van der Waals surface area contributed by atoms with E-state index in [1.807, 2.05) is 0 Å². The van der Waals surface area contributed by atoms with E-state index in [-0.39, 0.29) is 0 Å². The molecule has 2 nitrogen and oxygen atoms in total. The second-order valence-electron chi connectivity index (χ2n) is 5.25. The fourth-order valence-electron chi connectivity index (χ4n) is 3.05. The predicted molar refractivity (Wildman–Crippen MR) is 70.0 cm³/mol. The minimum Gasteiger partial charge on any atom is -0.299 e. The molecule has 0 unspecified atom stereocenters. The van der Waals surface area contributed by atoms with E-state index in [4.69, 9.17) is 0 Å². The Morgan fingerprint density at radius 3 is 2.88 bits per heavy atom. The van der Waals surface area contributed by atoms with Crippen LogP contribution in [-0.4, -0.2) is 24.5 Å². The van der Waals surface area contributed by atoms with Crippen molar-refractivity contribution in [3.05, 3.63) is 34.9 Å². The SMILES string of the molecule is c1cc2c(c(CN3CCCCC3)c1)CC[N]C2. The zero-order valence-corrected chi connectivity index (χ0v) is 10.5. The molecule has 0 aliphatic carbocycles. The van der Waals surface area contributed by atoms with Crippen LogP contribution in [0.3, 0.4) is 0 Å². The maximum atomic E-state index is 4.49. The monoisotopic (exact) mass is 229 g/mol. The average Bonchev–Trinajstić information content (AvgIpc) is 2.40. The van der Waals surface area contributed by atoms with E-state index in [9.17, 15) is 0 Å². The molecule has 1 aromatic rings. The van der Waals surface area contributed by atoms with Crippen LogP contribution in [0.25, 0.3) is 0 Å². The average molecular weight is 229 g/mol. The van der Waals surface area contributed by atoms with Gasteiger partial charge in [-0.25, -0.2) is 5.32 Å². The number of rotatable bonds is 2. The fraction of sp³-hybridized carbons (Fsp3) is 0.600. The molecule has 1 radical (unpaired) electrons. The van der Waals surface area contributed by atoms with Crippen molar-refractivity contribution >= 4 is 0 Å². The molecule has 91 valence electrons. The summed E-state index contributed by atoms with van der Waals surface area (Å²) in [5, 5.41) is 4.49. The first-order valence-electron chi connectivity index (χ1n) is 6.89. The first-order valence-corrected chi connectivity index (χ1v) is 6.89. The maximum absolute atomic E-state index is 4.49. The van der Waals surface area contributed by atoms with Gasteiger partial charge in [-0.05, 0) is 49.0 Å². The Hall–Kier alpha value is -0.860. The molecule has 2 aliphatic rings. The summed E-state index contributed by atoms with van der Waals surface area (Å²) >= 11 is 0. The summed E-state index contributed by atoms with van der Waals surface area (Å²) in [5.74, 6) is 0. The third-order valence-corrected chi connectivity index (χ3v) is 4.01. The van der Waals surface area contributed by atoms with Gasteiger partial charge in [0.15, 0.2) is 0 Å². The maximum Gasteiger partial charge on any atom is 0.0387 e. The minimum absolute atomic E-state index is 0.934. The first-order chi connectivity index (χ1) is 8.43. The van der Waals surface area contributed by atoms with Crippen molar-refractivity contribution in [2.24, 2.45) is 0 Å². The molecule has 1 saturated heterocycles. The lowest BCUT2D eigenvalue weighted by Gasteiger charge is -2.28. The molecule has 1 fully saturated rings. The Bertz CT molecular complexity index is 381. The third kappa shape index (κ3) is 2.53. The van der Waals surface area contributed by atoms with Crippen molar-refractivity contribution in [1.29, 1.82) is 0 Å². The van der Waals surface area contributed by atoms with Crippen LogP contribution in [0.2, 0.25) is 0 Å². The lowest BCUT2D eigenvalue weighted by atomic mass is 9.95. The second-order valence-corrected chi connectivity index (χ2v) is 5.25. The summed E-state index contributed by atoms with van der Waals surface area (Å²) in [5.41, 5.74) is 4.61. The van der Waals surface area contributed by atoms with E-state index in [1.54, 1.807) is 11.1 Å². The molecular formula is C15H21N2. The first kappa shape index (κ1) is 11.2. The molecule has 2 heteroatoms. The zero-order valence-electron chi connectivity index (χ0n) is 10.5. The number of hydrogen-bond donors (Lipinski definition) is 0. The van der Waals surface area contributed by atoms with Gasteiger partial charge < -0.3 is 0 Å². The molecule has 3 rings (SSSR count). The summed E-state index contributed by atoms with van der Waals surface area (Å²) in [7, 11) is 0. The normalized spacial score (nSPS) is 21.2. The zero-order chi connectivity index (χ0) is 11.5. The standard InChI is InChI=1S/C15H21N2/c1-2-9-17(10-3-1)12-14-6-4-5-13-11-16-8-7-15(13)14/h4-6H,1-3,7-12H2. The van der Waals surface area contributed by atoms with E-state index >= 15 is 0 Å². The van der Waals surface area contributed by atoms with E-state index in [2.05, 4.69) is 28.4 Å². The molecule has 2 aliphatic heterocycles. The molecule has 0 saturated carbocycles. The quantitative estimate of drug-likeness (QED) is 0.761. The third-order valence-electron chi connectivity index (χ3n) is 4.01. The highest BCUT2D eigenvalue weighted by Gasteiger charge is 2.16. The molecule has 0 aromatic heterocycles. The largest absolute Gasteiger partial charge is 0.299 e. The van der Waals surface area contributed by atoms with Crippen LogP contribution in [0, 0.1) is 0 Å². The van der Waals surface area contributed by atoms with Crippen LogP contribution < -0.4 is 5.32 Å². The van der Waals surface area contributed by atoms with Crippen LogP contribution >= 0.6 is 0 Å². The highest BCUT2D eigenvalue weighted by Crippen LogP contribution is 2.22. The molecule has 1 aromatic carbocycles. The van der Waals surface area contributed by atoms with Gasteiger partial charge in [0.1, 0.15) is 0 Å². The van der Waals surface area contributed by atoms with Gasteiger partial charge in [0.25, 0.3) is 0 Å². The topological polar surface area (TPSA) is 17.3 Å². The summed E-state index contributed by atoms with van der Waals surface area (Å²) < 4.78 is 0. The Labute approximate surface area is 104 Å². The van der Waals surface area contributed by atoms with E-state index < -0.39 is 0 Å². The number of nitrogens with zero attached hydrogens (tertiary/aromatic N) is 2. The van der Waals surface area contributed by atoms with E-state index in [0.29, 0.717) is 0 Å². The lowest BCUT2D eigenvalue weighted by Crippen LogP contribution is -2.30. The van der Waals surface area contributed by atoms with Gasteiger partial charge in [-0.15, -0.1) is 0 Å². The van der Waals surface area contributed by atoms with Crippen molar-refractivity contribution in [1.82, 2.24) is 10.2 Å². The van der Waals surface area contributed by atoms with Gasteiger partial charge in [-0.1, -0.05) is 24.6 Å². The number of fused-ring (bicyclic) bond motifs is 1. The number of piperidine rings is 1. The second kappa shape index (κ2) is 5.19. The molecular weight excluding hydrogens is 208 g/mol. The highest BCUT2D eigenvalue weighted by atomic mass is 15.1. The van der Waals surface area contributed by atoms with Crippen LogP contribution in [0.5, 0.6) is 0 Å². The van der Waals surface area contributed by atoms with Crippen molar-refractivity contribution in [2.45, 2.75) is 38.8 Å². The van der Waals surface area contributed by atoms with Crippen molar-refractivity contribution < 1.29 is 0 Å². The molecule has 0 atom stereocenters. The van der Waals surface area contributed by atoms with Crippen molar-refractivity contribution in [2.75, 3.05) is 19.6 Å². The molecule has 0 amide bonds. The molecule has 0 bridgehead atoms. The van der Waals surface area contributed by atoms with Gasteiger partial charge in [0.2, 0.25) is 0 Å². The molecule has 0 spiro atoms. The Morgan fingerprint density at radius 1 is 1.12 bits per heavy atom. The van der Waals surface area contributed by atoms with Gasteiger partial charge in [0, 0.05) is 19.6 Å². The predicted octanol–water partition coefficient (Wildman–Crippen LogP) is 2.33. The van der Waals surface area contributed by atoms with Crippen molar-refractivity contribution in [3.8, 4) is 0 Å². The fourth-order valence-corrected chi connectivity index (χ4v) is 3.05. The van der Waals surface area contributed by atoms with E-state index in [1.165, 1.54) is 37.9 Å². The van der Waals surface area contributed by atoms with Gasteiger partial charge in [-0.2, -0.15) is 0 Å². The number of hydrogen-bond acceptors (Lipinski definition) is 1. The van der Waals surface area contributed by atoms with Crippen LogP contribution in [0.15, 0.2) is 18.2 Å².